The molecular weight excluding hydrogens is 438 g/mol. The van der Waals surface area contributed by atoms with Crippen molar-refractivity contribution in [3.05, 3.63) is 96.1 Å². The smallest absolute Gasteiger partial charge is 0.258 e. The van der Waals surface area contributed by atoms with Gasteiger partial charge in [0, 0.05) is 12.1 Å². The summed E-state index contributed by atoms with van der Waals surface area (Å²) in [5.74, 6) is 0.00332. The molecule has 0 unspecified atom stereocenters. The summed E-state index contributed by atoms with van der Waals surface area (Å²) in [6.07, 6.45) is 3.22. The highest BCUT2D eigenvalue weighted by Gasteiger charge is 2.49. The summed E-state index contributed by atoms with van der Waals surface area (Å²) in [5.41, 5.74) is 1.71. The summed E-state index contributed by atoms with van der Waals surface area (Å²) in [7, 11) is -3.10. The third-order valence-corrected chi connectivity index (χ3v) is 12.0. The van der Waals surface area contributed by atoms with Crippen molar-refractivity contribution in [2.24, 2.45) is 0 Å². The van der Waals surface area contributed by atoms with Gasteiger partial charge in [0.05, 0.1) is 12.6 Å². The molecule has 0 bridgehead atoms. The molecular formula is C29H35NO3Si. The third kappa shape index (κ3) is 4.60. The fourth-order valence-corrected chi connectivity index (χ4v) is 9.06. The standard InChI is InChI=1S/C29H35NO3Si/c1-29(2,34(33,25-14-5-3-6-15-25)26-16-7-4-8-17-26)20-19-23-12-9-10-18-27(23)28(32)30-21-11-13-24(30)22-31/h3-10,12,14-18,24,31,33H,11,13,19-22H2,1-2H3/t24-/m0/s1. The van der Waals surface area contributed by atoms with Crippen LogP contribution in [-0.2, 0) is 6.42 Å². The number of likely N-dealkylation sites (tertiary alicyclic amines) is 1. The molecule has 1 aliphatic heterocycles. The highest BCUT2D eigenvalue weighted by Crippen LogP contribution is 2.40. The maximum absolute atomic E-state index is 13.4. The number of hydrogen-bond donors (Lipinski definition) is 2. The minimum absolute atomic E-state index is 0.00332. The minimum Gasteiger partial charge on any atom is -0.424 e. The Balaban J connectivity index is 1.63. The van der Waals surface area contributed by atoms with Crippen molar-refractivity contribution in [1.29, 1.82) is 0 Å². The van der Waals surface area contributed by atoms with Gasteiger partial charge in [0.1, 0.15) is 0 Å². The van der Waals surface area contributed by atoms with Crippen molar-refractivity contribution >= 4 is 24.6 Å². The van der Waals surface area contributed by atoms with E-state index in [9.17, 15) is 14.7 Å². The summed E-state index contributed by atoms with van der Waals surface area (Å²) in [6.45, 7) is 5.02. The molecule has 3 aromatic carbocycles. The quantitative estimate of drug-likeness (QED) is 0.490. The molecule has 4 rings (SSSR count). The van der Waals surface area contributed by atoms with Gasteiger partial charge in [-0.15, -0.1) is 0 Å². The Kier molecular flexibility index (Phi) is 7.36. The average Bonchev–Trinajstić information content (AvgIpc) is 3.37. The second kappa shape index (κ2) is 10.3. The molecule has 1 fully saturated rings. The van der Waals surface area contributed by atoms with E-state index in [1.165, 1.54) is 0 Å². The number of benzene rings is 3. The summed E-state index contributed by atoms with van der Waals surface area (Å²) in [4.78, 5) is 27.6. The van der Waals surface area contributed by atoms with E-state index in [1.54, 1.807) is 0 Å². The van der Waals surface area contributed by atoms with Gasteiger partial charge in [-0.1, -0.05) is 92.7 Å². The fourth-order valence-electron chi connectivity index (χ4n) is 5.33. The number of aliphatic hydroxyl groups excluding tert-OH is 1. The number of carbonyl (C=O) groups is 1. The SMILES string of the molecule is CC(C)(CCc1ccccc1C(=O)N1CCC[C@H]1CO)[Si](O)(c1ccccc1)c1ccccc1. The molecule has 2 N–H and O–H groups in total. The van der Waals surface area contributed by atoms with Crippen LogP contribution in [0.3, 0.4) is 0 Å². The van der Waals surface area contributed by atoms with Crippen LogP contribution in [0.15, 0.2) is 84.9 Å². The van der Waals surface area contributed by atoms with E-state index in [0.29, 0.717) is 18.5 Å². The van der Waals surface area contributed by atoms with E-state index in [0.717, 1.165) is 35.2 Å². The molecule has 0 radical (unpaired) electrons. The molecule has 1 atom stereocenters. The van der Waals surface area contributed by atoms with Gasteiger partial charge in [-0.3, -0.25) is 4.79 Å². The number of aliphatic hydroxyl groups is 1. The fraction of sp³-hybridized carbons (Fsp3) is 0.345. The number of amides is 1. The van der Waals surface area contributed by atoms with Crippen LogP contribution >= 0.6 is 0 Å². The molecule has 34 heavy (non-hydrogen) atoms. The number of rotatable bonds is 8. The molecule has 5 heteroatoms. The number of aryl methyl sites for hydroxylation is 1. The van der Waals surface area contributed by atoms with Gasteiger partial charge in [-0.25, -0.2) is 0 Å². The van der Waals surface area contributed by atoms with E-state index in [2.05, 4.69) is 13.8 Å². The van der Waals surface area contributed by atoms with Crippen molar-refractivity contribution in [3.8, 4) is 0 Å². The molecule has 1 saturated heterocycles. The highest BCUT2D eigenvalue weighted by atomic mass is 28.4. The maximum Gasteiger partial charge on any atom is 0.258 e. The van der Waals surface area contributed by atoms with Crippen molar-refractivity contribution in [2.45, 2.75) is 50.6 Å². The predicted molar refractivity (Wildman–Crippen MR) is 140 cm³/mol. The molecule has 178 valence electrons. The normalized spacial score (nSPS) is 16.6. The average molecular weight is 474 g/mol. The van der Waals surface area contributed by atoms with E-state index in [1.807, 2.05) is 89.8 Å². The zero-order chi connectivity index (χ0) is 24.2. The first-order chi connectivity index (χ1) is 16.4. The molecule has 0 aliphatic carbocycles. The lowest BCUT2D eigenvalue weighted by atomic mass is 9.97. The van der Waals surface area contributed by atoms with Crippen LogP contribution in [0.25, 0.3) is 0 Å². The first kappa shape index (κ1) is 24.4. The van der Waals surface area contributed by atoms with Crippen LogP contribution in [0.4, 0.5) is 0 Å². The monoisotopic (exact) mass is 473 g/mol. The molecule has 4 nitrogen and oxygen atoms in total. The zero-order valence-electron chi connectivity index (χ0n) is 20.2. The topological polar surface area (TPSA) is 60.8 Å². The van der Waals surface area contributed by atoms with Gasteiger partial charge in [0.15, 0.2) is 0 Å². The van der Waals surface area contributed by atoms with E-state index >= 15 is 0 Å². The Hall–Kier alpha value is -2.73. The maximum atomic E-state index is 13.4. The summed E-state index contributed by atoms with van der Waals surface area (Å²) in [6, 6.07) is 27.8. The third-order valence-electron chi connectivity index (χ3n) is 7.48. The predicted octanol–water partition coefficient (Wildman–Crippen LogP) is 3.75. The van der Waals surface area contributed by atoms with Crippen LogP contribution in [0.5, 0.6) is 0 Å². The Morgan fingerprint density at radius 2 is 1.50 bits per heavy atom. The largest absolute Gasteiger partial charge is 0.424 e. The number of carbonyl (C=O) groups excluding carboxylic acids is 1. The van der Waals surface area contributed by atoms with Gasteiger partial charge in [-0.05, 0) is 52.7 Å². The second-order valence-electron chi connectivity index (χ2n) is 9.96. The lowest BCUT2D eigenvalue weighted by molar-refractivity contribution is 0.0676. The second-order valence-corrected chi connectivity index (χ2v) is 13.9. The molecule has 1 heterocycles. The summed E-state index contributed by atoms with van der Waals surface area (Å²) < 4.78 is 0. The highest BCUT2D eigenvalue weighted by molar-refractivity contribution is 6.98. The Labute approximate surface area is 204 Å². The Morgan fingerprint density at radius 3 is 2.09 bits per heavy atom. The first-order valence-electron chi connectivity index (χ1n) is 12.2. The van der Waals surface area contributed by atoms with Crippen molar-refractivity contribution in [2.75, 3.05) is 13.2 Å². The van der Waals surface area contributed by atoms with E-state index in [-0.39, 0.29) is 23.6 Å². The van der Waals surface area contributed by atoms with Gasteiger partial charge < -0.3 is 14.8 Å². The molecule has 0 spiro atoms. The lowest BCUT2D eigenvalue weighted by Gasteiger charge is -2.41. The number of nitrogens with zero attached hydrogens (tertiary/aromatic N) is 1. The molecule has 1 amide bonds. The molecule has 3 aromatic rings. The van der Waals surface area contributed by atoms with Crippen LogP contribution in [0.1, 0.15) is 49.0 Å². The lowest BCUT2D eigenvalue weighted by Crippen LogP contribution is -2.65. The first-order valence-corrected chi connectivity index (χ1v) is 14.2. The van der Waals surface area contributed by atoms with Crippen molar-refractivity contribution in [3.63, 3.8) is 0 Å². The molecule has 0 aromatic heterocycles. The van der Waals surface area contributed by atoms with Gasteiger partial charge in [0.2, 0.25) is 0 Å². The van der Waals surface area contributed by atoms with E-state index < -0.39 is 8.32 Å². The van der Waals surface area contributed by atoms with Crippen LogP contribution in [0.2, 0.25) is 5.04 Å². The molecule has 1 aliphatic rings. The molecule has 0 saturated carbocycles. The van der Waals surface area contributed by atoms with Gasteiger partial charge in [0.25, 0.3) is 14.2 Å². The van der Waals surface area contributed by atoms with E-state index in [4.69, 9.17) is 0 Å². The van der Waals surface area contributed by atoms with Crippen LogP contribution in [0, 0.1) is 0 Å². The van der Waals surface area contributed by atoms with Crippen molar-refractivity contribution in [1.82, 2.24) is 4.90 Å². The van der Waals surface area contributed by atoms with Crippen molar-refractivity contribution < 1.29 is 14.7 Å². The zero-order valence-corrected chi connectivity index (χ0v) is 21.2. The summed E-state index contributed by atoms with van der Waals surface area (Å²) >= 11 is 0. The number of hydrogen-bond acceptors (Lipinski definition) is 3. The Bertz CT molecular complexity index is 1060. The summed E-state index contributed by atoms with van der Waals surface area (Å²) in [5, 5.41) is 11.3. The van der Waals surface area contributed by atoms with Gasteiger partial charge >= 0.3 is 0 Å². The van der Waals surface area contributed by atoms with Crippen LogP contribution < -0.4 is 10.4 Å². The minimum atomic E-state index is -3.10. The Morgan fingerprint density at radius 1 is 0.941 bits per heavy atom. The van der Waals surface area contributed by atoms with Gasteiger partial charge in [-0.2, -0.15) is 0 Å². The van der Waals surface area contributed by atoms with Crippen LogP contribution in [-0.4, -0.2) is 48.2 Å².